The van der Waals surface area contributed by atoms with Crippen molar-refractivity contribution in [3.05, 3.63) is 0 Å². The van der Waals surface area contributed by atoms with Crippen molar-refractivity contribution in [1.82, 2.24) is 5.32 Å². The van der Waals surface area contributed by atoms with E-state index < -0.39 is 118 Å². The summed E-state index contributed by atoms with van der Waals surface area (Å²) in [5, 5.41) is 103. The second-order valence-corrected chi connectivity index (χ2v) is 9.07. The first-order valence-corrected chi connectivity index (χ1v) is 11.6. The number of carbonyl (C=O) groups is 1. The highest BCUT2D eigenvalue weighted by Crippen LogP contribution is 2.32. The van der Waals surface area contributed by atoms with Crippen molar-refractivity contribution in [3.63, 3.8) is 0 Å². The van der Waals surface area contributed by atoms with E-state index in [4.69, 9.17) is 23.7 Å². The molecule has 0 aliphatic carbocycles. The summed E-state index contributed by atoms with van der Waals surface area (Å²) in [6.07, 6.45) is -23.3. The number of amides is 1. The van der Waals surface area contributed by atoms with Crippen LogP contribution in [-0.4, -0.2) is 169 Å². The average molecular weight is 545 g/mol. The van der Waals surface area contributed by atoms with Gasteiger partial charge in [0.25, 0.3) is 0 Å². The fourth-order valence-corrected chi connectivity index (χ4v) is 4.46. The van der Waals surface area contributed by atoms with Gasteiger partial charge in [-0.05, 0) is 0 Å². The van der Waals surface area contributed by atoms with E-state index in [1.807, 2.05) is 0 Å². The summed E-state index contributed by atoms with van der Waals surface area (Å²) in [6.45, 7) is -1.21. The van der Waals surface area contributed by atoms with Gasteiger partial charge in [0.1, 0.15) is 73.2 Å². The SMILES string of the molecule is CC(=O)N[C@@H]1[C@@H](O[C@@H]2O[C@H](CO)[C@H](O[C@H]3O[C@H](CO)[C@@H](O)[C@H](O)[C@@H]3O)[C@H](O)[C@H]2O)[C@H](O)[C@@H](CO)O[C@@H]1O. The number of nitrogens with one attached hydrogen (secondary N) is 1. The molecule has 3 heterocycles. The van der Waals surface area contributed by atoms with E-state index in [1.54, 1.807) is 0 Å². The topological polar surface area (TPSA) is 278 Å². The van der Waals surface area contributed by atoms with Gasteiger partial charge >= 0.3 is 0 Å². The molecule has 0 aromatic heterocycles. The number of hydrogen-bond donors (Lipinski definition) is 11. The summed E-state index contributed by atoms with van der Waals surface area (Å²) in [4.78, 5) is 11.6. The predicted molar refractivity (Wildman–Crippen MR) is 113 cm³/mol. The minimum Gasteiger partial charge on any atom is -0.394 e. The van der Waals surface area contributed by atoms with Crippen LogP contribution in [0.5, 0.6) is 0 Å². The number of aliphatic hydroxyl groups is 10. The van der Waals surface area contributed by atoms with Crippen molar-refractivity contribution in [1.29, 1.82) is 0 Å². The number of ether oxygens (including phenoxy) is 5. The molecule has 37 heavy (non-hydrogen) atoms. The standard InChI is InChI=1S/C20H35NO16/c1-5(25)21-9-17(11(27)7(3-23)33-18(9)32)37-20-15(31)13(29)16(8(4-24)35-20)36-19-14(30)12(28)10(26)6(2-22)34-19/h6-20,22-24,26-32H,2-4H2,1H3,(H,21,25)/t6-,7-,8-,9-,10-,11-,12+,13-,14+,15-,16+,17-,18+,19-,20+/m1/s1. The quantitative estimate of drug-likeness (QED) is 0.135. The summed E-state index contributed by atoms with van der Waals surface area (Å²) in [5.74, 6) is -0.637. The third-order valence-electron chi connectivity index (χ3n) is 6.49. The Bertz CT molecular complexity index is 743. The minimum absolute atomic E-state index is 0.637. The molecular formula is C20H35NO16. The Morgan fingerprint density at radius 2 is 1.14 bits per heavy atom. The van der Waals surface area contributed by atoms with Crippen LogP contribution >= 0.6 is 0 Å². The Morgan fingerprint density at radius 3 is 1.68 bits per heavy atom. The van der Waals surface area contributed by atoms with E-state index in [1.165, 1.54) is 0 Å². The van der Waals surface area contributed by atoms with Crippen LogP contribution in [0.1, 0.15) is 6.92 Å². The molecule has 0 unspecified atom stereocenters. The van der Waals surface area contributed by atoms with E-state index in [0.29, 0.717) is 0 Å². The fourth-order valence-electron chi connectivity index (χ4n) is 4.46. The number of hydrogen-bond acceptors (Lipinski definition) is 16. The van der Waals surface area contributed by atoms with Crippen LogP contribution in [0.2, 0.25) is 0 Å². The fraction of sp³-hybridized carbons (Fsp3) is 0.950. The van der Waals surface area contributed by atoms with Crippen LogP contribution in [0.3, 0.4) is 0 Å². The van der Waals surface area contributed by atoms with Gasteiger partial charge in [-0.3, -0.25) is 4.79 Å². The lowest BCUT2D eigenvalue weighted by molar-refractivity contribution is -0.372. The van der Waals surface area contributed by atoms with Crippen LogP contribution < -0.4 is 5.32 Å². The molecule has 3 saturated heterocycles. The third-order valence-corrected chi connectivity index (χ3v) is 6.49. The maximum atomic E-state index is 11.6. The van der Waals surface area contributed by atoms with Crippen molar-refractivity contribution in [2.75, 3.05) is 19.8 Å². The lowest BCUT2D eigenvalue weighted by Gasteiger charge is -2.48. The second kappa shape index (κ2) is 12.8. The first kappa shape index (κ1) is 30.4. The molecule has 17 nitrogen and oxygen atoms in total. The molecule has 1 amide bonds. The number of carbonyl (C=O) groups excluding carboxylic acids is 1. The smallest absolute Gasteiger partial charge is 0.217 e. The molecule has 3 aliphatic heterocycles. The molecule has 0 spiro atoms. The van der Waals surface area contributed by atoms with Crippen molar-refractivity contribution >= 4 is 5.91 Å². The molecule has 15 atom stereocenters. The highest BCUT2D eigenvalue weighted by molar-refractivity contribution is 5.73. The lowest BCUT2D eigenvalue weighted by atomic mass is 9.95. The van der Waals surface area contributed by atoms with Gasteiger partial charge < -0.3 is 80.1 Å². The molecule has 3 aliphatic rings. The third kappa shape index (κ3) is 6.38. The molecule has 216 valence electrons. The van der Waals surface area contributed by atoms with Crippen molar-refractivity contribution < 1.29 is 79.5 Å². The predicted octanol–water partition coefficient (Wildman–Crippen LogP) is -7.43. The van der Waals surface area contributed by atoms with Crippen molar-refractivity contribution in [2.45, 2.75) is 99.0 Å². The summed E-state index contributed by atoms with van der Waals surface area (Å²) >= 11 is 0. The summed E-state index contributed by atoms with van der Waals surface area (Å²) in [7, 11) is 0. The van der Waals surface area contributed by atoms with Crippen molar-refractivity contribution in [2.24, 2.45) is 0 Å². The molecular weight excluding hydrogens is 510 g/mol. The average Bonchev–Trinajstić information content (AvgIpc) is 2.87. The summed E-state index contributed by atoms with van der Waals surface area (Å²) in [5.41, 5.74) is 0. The van der Waals surface area contributed by atoms with Gasteiger partial charge in [0.05, 0.1) is 19.8 Å². The molecule has 3 fully saturated rings. The van der Waals surface area contributed by atoms with Crippen LogP contribution in [0.25, 0.3) is 0 Å². The largest absolute Gasteiger partial charge is 0.394 e. The lowest BCUT2D eigenvalue weighted by Crippen LogP contribution is -2.68. The number of aliphatic hydroxyl groups excluding tert-OH is 10. The molecule has 17 heteroatoms. The van der Waals surface area contributed by atoms with Gasteiger partial charge in [0, 0.05) is 6.92 Å². The Hall–Kier alpha value is -1.13. The highest BCUT2D eigenvalue weighted by atomic mass is 16.7. The summed E-state index contributed by atoms with van der Waals surface area (Å²) in [6, 6.07) is -1.39. The zero-order chi connectivity index (χ0) is 27.6. The molecule has 3 rings (SSSR count). The van der Waals surface area contributed by atoms with Gasteiger partial charge in [0.15, 0.2) is 18.9 Å². The normalized spacial score (nSPS) is 49.0. The van der Waals surface area contributed by atoms with Crippen LogP contribution in [0.4, 0.5) is 0 Å². The minimum atomic E-state index is -1.93. The molecule has 0 aromatic carbocycles. The van der Waals surface area contributed by atoms with Crippen molar-refractivity contribution in [3.8, 4) is 0 Å². The van der Waals surface area contributed by atoms with Gasteiger partial charge in [0.2, 0.25) is 5.91 Å². The van der Waals surface area contributed by atoms with Crippen LogP contribution in [0, 0.1) is 0 Å². The molecule has 11 N–H and O–H groups in total. The zero-order valence-corrected chi connectivity index (χ0v) is 19.7. The summed E-state index contributed by atoms with van der Waals surface area (Å²) < 4.78 is 26.9. The highest BCUT2D eigenvalue weighted by Gasteiger charge is 2.53. The van der Waals surface area contributed by atoms with Crippen LogP contribution in [-0.2, 0) is 28.5 Å². The van der Waals surface area contributed by atoms with E-state index >= 15 is 0 Å². The monoisotopic (exact) mass is 545 g/mol. The van der Waals surface area contributed by atoms with E-state index in [-0.39, 0.29) is 0 Å². The molecule has 0 saturated carbocycles. The Balaban J connectivity index is 1.76. The van der Waals surface area contributed by atoms with Gasteiger partial charge in [-0.2, -0.15) is 0 Å². The van der Waals surface area contributed by atoms with E-state index in [2.05, 4.69) is 5.32 Å². The maximum absolute atomic E-state index is 11.6. The Kier molecular flexibility index (Phi) is 10.5. The van der Waals surface area contributed by atoms with E-state index in [9.17, 15) is 55.9 Å². The van der Waals surface area contributed by atoms with Gasteiger partial charge in [-0.25, -0.2) is 0 Å². The molecule has 0 bridgehead atoms. The first-order chi connectivity index (χ1) is 17.4. The van der Waals surface area contributed by atoms with E-state index in [0.717, 1.165) is 6.92 Å². The Morgan fingerprint density at radius 1 is 0.649 bits per heavy atom. The molecule has 0 aromatic rings. The Labute approximate surface area is 210 Å². The second-order valence-electron chi connectivity index (χ2n) is 9.07. The number of rotatable bonds is 8. The molecule has 0 radical (unpaired) electrons. The maximum Gasteiger partial charge on any atom is 0.217 e. The first-order valence-electron chi connectivity index (χ1n) is 11.6. The van der Waals surface area contributed by atoms with Gasteiger partial charge in [-0.1, -0.05) is 0 Å². The zero-order valence-electron chi connectivity index (χ0n) is 19.7. The van der Waals surface area contributed by atoms with Crippen LogP contribution in [0.15, 0.2) is 0 Å². The van der Waals surface area contributed by atoms with Gasteiger partial charge in [-0.15, -0.1) is 0 Å².